The van der Waals surface area contributed by atoms with Gasteiger partial charge in [-0.25, -0.2) is 0 Å². The summed E-state index contributed by atoms with van der Waals surface area (Å²) in [4.78, 5) is 16.9. The molecule has 1 unspecified atom stereocenters. The number of amides is 1. The van der Waals surface area contributed by atoms with Gasteiger partial charge in [0, 0.05) is 38.8 Å². The molecule has 21 heavy (non-hydrogen) atoms. The maximum Gasteiger partial charge on any atom is 0.227 e. The van der Waals surface area contributed by atoms with Gasteiger partial charge in [0.05, 0.1) is 6.42 Å². The van der Waals surface area contributed by atoms with Crippen LogP contribution >= 0.6 is 0 Å². The summed E-state index contributed by atoms with van der Waals surface area (Å²) in [5.74, 6) is 0.222. The van der Waals surface area contributed by atoms with Gasteiger partial charge >= 0.3 is 0 Å². The summed E-state index contributed by atoms with van der Waals surface area (Å²) in [5, 5.41) is 0. The lowest BCUT2D eigenvalue weighted by atomic mass is 10.0. The highest BCUT2D eigenvalue weighted by molar-refractivity contribution is 5.79. The van der Waals surface area contributed by atoms with Gasteiger partial charge in [-0.2, -0.15) is 0 Å². The third kappa shape index (κ3) is 4.05. The zero-order chi connectivity index (χ0) is 15.2. The Morgan fingerprint density at radius 3 is 2.38 bits per heavy atom. The van der Waals surface area contributed by atoms with Gasteiger partial charge in [-0.1, -0.05) is 31.2 Å². The largest absolute Gasteiger partial charge is 0.340 e. The number of hydrogen-bond acceptors (Lipinski definition) is 3. The zero-order valence-corrected chi connectivity index (χ0v) is 13.2. The predicted molar refractivity (Wildman–Crippen MR) is 85.9 cm³/mol. The topological polar surface area (TPSA) is 49.6 Å². The molecule has 1 saturated heterocycles. The summed E-state index contributed by atoms with van der Waals surface area (Å²) in [6.45, 7) is 8.62. The van der Waals surface area contributed by atoms with Crippen molar-refractivity contribution < 1.29 is 4.79 Å². The smallest absolute Gasteiger partial charge is 0.227 e. The van der Waals surface area contributed by atoms with Crippen molar-refractivity contribution in [2.45, 2.75) is 39.3 Å². The standard InChI is InChI=1S/C17H27N3O/c1-3-14(2)19-8-10-20(11-9-19)17(21)12-15-6-4-5-7-16(15)13-18/h4-7,14H,3,8-13,18H2,1-2H3. The van der Waals surface area contributed by atoms with Gasteiger partial charge in [-0.15, -0.1) is 0 Å². The van der Waals surface area contributed by atoms with Crippen molar-refractivity contribution in [3.05, 3.63) is 35.4 Å². The van der Waals surface area contributed by atoms with Crippen LogP contribution in [0.25, 0.3) is 0 Å². The molecule has 4 nitrogen and oxygen atoms in total. The molecule has 1 aliphatic heterocycles. The van der Waals surface area contributed by atoms with Crippen molar-refractivity contribution in [1.82, 2.24) is 9.80 Å². The van der Waals surface area contributed by atoms with Crippen LogP contribution in [-0.2, 0) is 17.8 Å². The Bertz CT molecular complexity index is 467. The lowest BCUT2D eigenvalue weighted by molar-refractivity contribution is -0.132. The molecule has 0 spiro atoms. The molecule has 1 aromatic rings. The number of nitrogens with two attached hydrogens (primary N) is 1. The van der Waals surface area contributed by atoms with Crippen LogP contribution < -0.4 is 5.73 Å². The normalized spacial score (nSPS) is 17.8. The molecule has 1 fully saturated rings. The first-order chi connectivity index (χ1) is 10.2. The maximum absolute atomic E-state index is 12.4. The Labute approximate surface area is 127 Å². The fraction of sp³-hybridized carbons (Fsp3) is 0.588. The second kappa shape index (κ2) is 7.57. The summed E-state index contributed by atoms with van der Waals surface area (Å²) in [6, 6.07) is 8.57. The number of rotatable bonds is 5. The van der Waals surface area contributed by atoms with Gasteiger partial charge in [0.15, 0.2) is 0 Å². The fourth-order valence-corrected chi connectivity index (χ4v) is 2.87. The third-order valence-corrected chi connectivity index (χ3v) is 4.56. The molecule has 0 saturated carbocycles. The molecule has 116 valence electrons. The number of piperazine rings is 1. The van der Waals surface area contributed by atoms with E-state index in [4.69, 9.17) is 5.73 Å². The Morgan fingerprint density at radius 2 is 1.81 bits per heavy atom. The average Bonchev–Trinajstić information content (AvgIpc) is 2.54. The summed E-state index contributed by atoms with van der Waals surface area (Å²) >= 11 is 0. The molecule has 0 radical (unpaired) electrons. The molecule has 1 amide bonds. The van der Waals surface area contributed by atoms with Crippen LogP contribution in [0.4, 0.5) is 0 Å². The Balaban J connectivity index is 1.90. The lowest BCUT2D eigenvalue weighted by Gasteiger charge is -2.38. The van der Waals surface area contributed by atoms with Crippen LogP contribution in [0, 0.1) is 0 Å². The van der Waals surface area contributed by atoms with Crippen LogP contribution in [0.15, 0.2) is 24.3 Å². The second-order valence-electron chi connectivity index (χ2n) is 5.82. The van der Waals surface area contributed by atoms with E-state index < -0.39 is 0 Å². The minimum absolute atomic E-state index is 0.222. The molecule has 1 heterocycles. The van der Waals surface area contributed by atoms with Crippen molar-refractivity contribution in [1.29, 1.82) is 0 Å². The molecule has 1 atom stereocenters. The van der Waals surface area contributed by atoms with E-state index in [1.807, 2.05) is 29.2 Å². The minimum atomic E-state index is 0.222. The Kier molecular flexibility index (Phi) is 5.76. The van der Waals surface area contributed by atoms with Crippen LogP contribution in [0.5, 0.6) is 0 Å². The van der Waals surface area contributed by atoms with Gasteiger partial charge in [0.25, 0.3) is 0 Å². The highest BCUT2D eigenvalue weighted by Gasteiger charge is 2.23. The molecular weight excluding hydrogens is 262 g/mol. The zero-order valence-electron chi connectivity index (χ0n) is 13.2. The van der Waals surface area contributed by atoms with Crippen LogP contribution in [0.3, 0.4) is 0 Å². The van der Waals surface area contributed by atoms with E-state index in [-0.39, 0.29) is 5.91 Å². The summed E-state index contributed by atoms with van der Waals surface area (Å²) in [5.41, 5.74) is 7.88. The monoisotopic (exact) mass is 289 g/mol. The third-order valence-electron chi connectivity index (χ3n) is 4.56. The molecule has 1 aromatic carbocycles. The van der Waals surface area contributed by atoms with Gasteiger partial charge in [0.2, 0.25) is 5.91 Å². The first-order valence-electron chi connectivity index (χ1n) is 7.94. The maximum atomic E-state index is 12.4. The van der Waals surface area contributed by atoms with Crippen molar-refractivity contribution in [3.63, 3.8) is 0 Å². The Hall–Kier alpha value is -1.39. The molecular formula is C17H27N3O. The van der Waals surface area contributed by atoms with Crippen LogP contribution in [0.1, 0.15) is 31.4 Å². The molecule has 0 bridgehead atoms. The molecule has 4 heteroatoms. The van der Waals surface area contributed by atoms with Crippen molar-refractivity contribution in [3.8, 4) is 0 Å². The fourth-order valence-electron chi connectivity index (χ4n) is 2.87. The number of carbonyl (C=O) groups is 1. The average molecular weight is 289 g/mol. The first-order valence-corrected chi connectivity index (χ1v) is 7.94. The number of carbonyl (C=O) groups excluding carboxylic acids is 1. The lowest BCUT2D eigenvalue weighted by Crippen LogP contribution is -2.51. The van der Waals surface area contributed by atoms with E-state index in [0.717, 1.165) is 43.7 Å². The van der Waals surface area contributed by atoms with E-state index in [1.54, 1.807) is 0 Å². The molecule has 2 N–H and O–H groups in total. The number of benzene rings is 1. The minimum Gasteiger partial charge on any atom is -0.340 e. The van der Waals surface area contributed by atoms with E-state index in [9.17, 15) is 4.79 Å². The van der Waals surface area contributed by atoms with Crippen molar-refractivity contribution in [2.75, 3.05) is 26.2 Å². The van der Waals surface area contributed by atoms with Crippen molar-refractivity contribution in [2.24, 2.45) is 5.73 Å². The van der Waals surface area contributed by atoms with E-state index in [0.29, 0.717) is 19.0 Å². The predicted octanol–water partition coefficient (Wildman–Crippen LogP) is 1.63. The molecule has 1 aliphatic rings. The van der Waals surface area contributed by atoms with Gasteiger partial charge in [-0.3, -0.25) is 9.69 Å². The summed E-state index contributed by atoms with van der Waals surface area (Å²) in [7, 11) is 0. The first kappa shape index (κ1) is 16.0. The molecule has 2 rings (SSSR count). The van der Waals surface area contributed by atoms with Gasteiger partial charge in [0.1, 0.15) is 0 Å². The van der Waals surface area contributed by atoms with Crippen LogP contribution in [0.2, 0.25) is 0 Å². The van der Waals surface area contributed by atoms with E-state index in [2.05, 4.69) is 18.7 Å². The number of hydrogen-bond donors (Lipinski definition) is 1. The highest BCUT2D eigenvalue weighted by Crippen LogP contribution is 2.13. The van der Waals surface area contributed by atoms with E-state index in [1.165, 1.54) is 0 Å². The SMILES string of the molecule is CCC(C)N1CCN(C(=O)Cc2ccccc2CN)CC1. The van der Waals surface area contributed by atoms with Crippen LogP contribution in [-0.4, -0.2) is 47.9 Å². The molecule has 0 aromatic heterocycles. The number of nitrogens with zero attached hydrogens (tertiary/aromatic N) is 2. The quantitative estimate of drug-likeness (QED) is 0.896. The van der Waals surface area contributed by atoms with Gasteiger partial charge in [-0.05, 0) is 24.5 Å². The summed E-state index contributed by atoms with van der Waals surface area (Å²) < 4.78 is 0. The van der Waals surface area contributed by atoms with E-state index >= 15 is 0 Å². The van der Waals surface area contributed by atoms with Crippen molar-refractivity contribution >= 4 is 5.91 Å². The molecule has 0 aliphatic carbocycles. The highest BCUT2D eigenvalue weighted by atomic mass is 16.2. The Morgan fingerprint density at radius 1 is 1.19 bits per heavy atom. The van der Waals surface area contributed by atoms with Gasteiger partial charge < -0.3 is 10.6 Å². The summed E-state index contributed by atoms with van der Waals surface area (Å²) in [6.07, 6.45) is 1.63. The second-order valence-corrected chi connectivity index (χ2v) is 5.82.